The van der Waals surface area contributed by atoms with Crippen molar-refractivity contribution in [2.24, 2.45) is 0 Å². The van der Waals surface area contributed by atoms with Gasteiger partial charge in [0.05, 0.1) is 24.4 Å². The van der Waals surface area contributed by atoms with Crippen LogP contribution in [0.5, 0.6) is 0 Å². The third-order valence-electron chi connectivity index (χ3n) is 2.60. The van der Waals surface area contributed by atoms with Crippen LogP contribution in [0.1, 0.15) is 17.0 Å². The fraction of sp³-hybridized carbons (Fsp3) is 0.214. The Morgan fingerprint density at radius 2 is 1.89 bits per heavy atom. The number of hydrogen-bond donors (Lipinski definition) is 1. The van der Waals surface area contributed by atoms with Crippen LogP contribution in [-0.2, 0) is 17.8 Å². The highest BCUT2D eigenvalue weighted by molar-refractivity contribution is 9.10. The topological polar surface area (TPSA) is 54.9 Å². The van der Waals surface area contributed by atoms with Crippen molar-refractivity contribution in [3.05, 3.63) is 57.8 Å². The molecule has 2 rings (SSSR count). The van der Waals surface area contributed by atoms with Crippen molar-refractivity contribution >= 4 is 21.8 Å². The van der Waals surface area contributed by atoms with Gasteiger partial charge in [0.2, 0.25) is 5.91 Å². The minimum Gasteiger partial charge on any atom is -0.350 e. The summed E-state index contributed by atoms with van der Waals surface area (Å²) >= 11 is 3.36. The van der Waals surface area contributed by atoms with Crippen LogP contribution in [0.3, 0.4) is 0 Å². The number of benzene rings is 1. The first-order valence-electron chi connectivity index (χ1n) is 5.94. The maximum absolute atomic E-state index is 11.8. The lowest BCUT2D eigenvalue weighted by Crippen LogP contribution is -2.25. The van der Waals surface area contributed by atoms with Crippen LogP contribution >= 0.6 is 15.9 Å². The van der Waals surface area contributed by atoms with E-state index in [1.165, 1.54) is 0 Å². The van der Waals surface area contributed by atoms with E-state index < -0.39 is 0 Å². The first-order valence-corrected chi connectivity index (χ1v) is 6.73. The molecule has 0 aliphatic rings. The minimum absolute atomic E-state index is 0.0234. The van der Waals surface area contributed by atoms with Crippen LogP contribution < -0.4 is 5.32 Å². The Bertz CT molecular complexity index is 552. The Labute approximate surface area is 120 Å². The molecule has 1 N–H and O–H groups in total. The maximum Gasteiger partial charge on any atom is 0.224 e. The van der Waals surface area contributed by atoms with Crippen molar-refractivity contribution in [1.82, 2.24) is 15.5 Å². The molecule has 0 aliphatic heterocycles. The molecule has 98 valence electrons. The predicted octanol–water partition coefficient (Wildman–Crippen LogP) is 2.41. The summed E-state index contributed by atoms with van der Waals surface area (Å²) < 4.78 is 1.01. The molecule has 1 amide bonds. The van der Waals surface area contributed by atoms with Gasteiger partial charge in [0.25, 0.3) is 0 Å². The Kier molecular flexibility index (Phi) is 4.63. The molecule has 0 bridgehead atoms. The van der Waals surface area contributed by atoms with Gasteiger partial charge in [-0.05, 0) is 36.8 Å². The first-order chi connectivity index (χ1) is 9.13. The largest absolute Gasteiger partial charge is 0.350 e. The van der Waals surface area contributed by atoms with Gasteiger partial charge in [0, 0.05) is 4.47 Å². The zero-order chi connectivity index (χ0) is 13.7. The fourth-order valence-electron chi connectivity index (χ4n) is 1.56. The van der Waals surface area contributed by atoms with Crippen LogP contribution in [0.25, 0.3) is 0 Å². The van der Waals surface area contributed by atoms with E-state index in [9.17, 15) is 4.79 Å². The van der Waals surface area contributed by atoms with Gasteiger partial charge >= 0.3 is 0 Å². The quantitative estimate of drug-likeness (QED) is 0.941. The highest BCUT2D eigenvalue weighted by Gasteiger charge is 2.04. The van der Waals surface area contributed by atoms with E-state index in [-0.39, 0.29) is 5.91 Å². The summed E-state index contributed by atoms with van der Waals surface area (Å²) in [6.07, 6.45) is 0.368. The van der Waals surface area contributed by atoms with Gasteiger partial charge in [-0.15, -0.1) is 0 Å². The van der Waals surface area contributed by atoms with E-state index in [0.717, 1.165) is 21.4 Å². The third-order valence-corrected chi connectivity index (χ3v) is 3.13. The molecule has 1 aromatic heterocycles. The van der Waals surface area contributed by atoms with Gasteiger partial charge in [-0.3, -0.25) is 4.79 Å². The summed E-state index contributed by atoms with van der Waals surface area (Å²) in [5.74, 6) is -0.0234. The number of carbonyl (C=O) groups excluding carboxylic acids is 1. The van der Waals surface area contributed by atoms with Crippen LogP contribution in [-0.4, -0.2) is 16.1 Å². The summed E-state index contributed by atoms with van der Waals surface area (Å²) in [7, 11) is 0. The molecule has 0 unspecified atom stereocenters. The summed E-state index contributed by atoms with van der Waals surface area (Å²) in [5.41, 5.74) is 2.61. The molecule has 4 nitrogen and oxygen atoms in total. The number of hydrogen-bond acceptors (Lipinski definition) is 3. The van der Waals surface area contributed by atoms with E-state index in [2.05, 4.69) is 31.4 Å². The minimum atomic E-state index is -0.0234. The second-order valence-corrected chi connectivity index (χ2v) is 5.16. The number of nitrogens with zero attached hydrogens (tertiary/aromatic N) is 2. The van der Waals surface area contributed by atoms with Crippen LogP contribution in [0.4, 0.5) is 0 Å². The molecule has 0 spiro atoms. The van der Waals surface area contributed by atoms with Gasteiger partial charge < -0.3 is 5.32 Å². The number of aryl methyl sites for hydroxylation is 1. The molecule has 2 aromatic rings. The van der Waals surface area contributed by atoms with Crippen molar-refractivity contribution in [3.8, 4) is 0 Å². The predicted molar refractivity (Wildman–Crippen MR) is 76.5 cm³/mol. The monoisotopic (exact) mass is 319 g/mol. The van der Waals surface area contributed by atoms with Crippen LogP contribution in [0.15, 0.2) is 40.9 Å². The van der Waals surface area contributed by atoms with Crippen molar-refractivity contribution in [3.63, 3.8) is 0 Å². The zero-order valence-electron chi connectivity index (χ0n) is 10.6. The standard InChI is InChI=1S/C14H14BrN3O/c1-10-2-7-13(18-17-10)9-16-14(19)8-11-3-5-12(15)6-4-11/h2-7H,8-9H2,1H3,(H,16,19). The molecule has 0 saturated heterocycles. The molecule has 19 heavy (non-hydrogen) atoms. The molecular weight excluding hydrogens is 306 g/mol. The van der Waals surface area contributed by atoms with Crippen molar-refractivity contribution in [1.29, 1.82) is 0 Å². The second-order valence-electron chi connectivity index (χ2n) is 4.25. The molecule has 0 aliphatic carbocycles. The number of rotatable bonds is 4. The van der Waals surface area contributed by atoms with E-state index in [0.29, 0.717) is 13.0 Å². The van der Waals surface area contributed by atoms with Gasteiger partial charge in [0.1, 0.15) is 0 Å². The van der Waals surface area contributed by atoms with E-state index >= 15 is 0 Å². The summed E-state index contributed by atoms with van der Waals surface area (Å²) in [4.78, 5) is 11.8. The second kappa shape index (κ2) is 6.43. The Balaban J connectivity index is 1.84. The average Bonchev–Trinajstić information content (AvgIpc) is 2.41. The number of carbonyl (C=O) groups is 1. The first kappa shape index (κ1) is 13.7. The summed E-state index contributed by atoms with van der Waals surface area (Å²) in [6.45, 7) is 2.28. The van der Waals surface area contributed by atoms with Gasteiger partial charge in [-0.1, -0.05) is 28.1 Å². The number of nitrogens with one attached hydrogen (secondary N) is 1. The highest BCUT2D eigenvalue weighted by atomic mass is 79.9. The van der Waals surface area contributed by atoms with Crippen molar-refractivity contribution in [2.45, 2.75) is 19.9 Å². The van der Waals surface area contributed by atoms with Crippen molar-refractivity contribution in [2.75, 3.05) is 0 Å². The summed E-state index contributed by atoms with van der Waals surface area (Å²) in [6, 6.07) is 11.4. The SMILES string of the molecule is Cc1ccc(CNC(=O)Cc2ccc(Br)cc2)nn1. The average molecular weight is 320 g/mol. The fourth-order valence-corrected chi connectivity index (χ4v) is 1.82. The summed E-state index contributed by atoms with van der Waals surface area (Å²) in [5, 5.41) is 10.8. The molecule has 1 aromatic carbocycles. The lowest BCUT2D eigenvalue weighted by Gasteiger charge is -2.05. The number of aromatic nitrogens is 2. The van der Waals surface area contributed by atoms with Crippen molar-refractivity contribution < 1.29 is 4.79 Å². The number of amides is 1. The third kappa shape index (κ3) is 4.44. The molecule has 0 fully saturated rings. The van der Waals surface area contributed by atoms with Gasteiger partial charge in [-0.25, -0.2) is 0 Å². The van der Waals surface area contributed by atoms with E-state index in [1.807, 2.05) is 43.3 Å². The van der Waals surface area contributed by atoms with Gasteiger partial charge in [-0.2, -0.15) is 10.2 Å². The molecule has 0 saturated carbocycles. The molecule has 1 heterocycles. The number of halogens is 1. The Morgan fingerprint density at radius 3 is 2.53 bits per heavy atom. The molecule has 0 atom stereocenters. The van der Waals surface area contributed by atoms with Crippen LogP contribution in [0, 0.1) is 6.92 Å². The molecule has 0 radical (unpaired) electrons. The van der Waals surface area contributed by atoms with Crippen LogP contribution in [0.2, 0.25) is 0 Å². The Hall–Kier alpha value is -1.75. The lowest BCUT2D eigenvalue weighted by molar-refractivity contribution is -0.120. The molecular formula is C14H14BrN3O. The molecule has 5 heteroatoms. The lowest BCUT2D eigenvalue weighted by atomic mass is 10.1. The smallest absolute Gasteiger partial charge is 0.224 e. The van der Waals surface area contributed by atoms with E-state index in [1.54, 1.807) is 0 Å². The van der Waals surface area contributed by atoms with E-state index in [4.69, 9.17) is 0 Å². The normalized spacial score (nSPS) is 10.2. The maximum atomic E-state index is 11.8. The van der Waals surface area contributed by atoms with Gasteiger partial charge in [0.15, 0.2) is 0 Å². The Morgan fingerprint density at radius 1 is 1.16 bits per heavy atom. The zero-order valence-corrected chi connectivity index (χ0v) is 12.1. The highest BCUT2D eigenvalue weighted by Crippen LogP contribution is 2.10.